The number of aromatic nitrogens is 1. The zero-order valence-electron chi connectivity index (χ0n) is 16.2. The molecule has 4 amide bonds. The van der Waals surface area contributed by atoms with Gasteiger partial charge in [-0.05, 0) is 23.8 Å². The number of anilines is 2. The largest absolute Gasteiger partial charge is 0.333 e. The summed E-state index contributed by atoms with van der Waals surface area (Å²) < 4.78 is 0. The quantitative estimate of drug-likeness (QED) is 0.208. The molecule has 30 heavy (non-hydrogen) atoms. The van der Waals surface area contributed by atoms with E-state index in [1.54, 1.807) is 6.07 Å². The number of benzene rings is 1. The number of urea groups is 1. The molecule has 160 valence electrons. The van der Waals surface area contributed by atoms with E-state index in [1.165, 1.54) is 20.0 Å². The smallest absolute Gasteiger partial charge is 0.329 e. The molecule has 0 saturated heterocycles. The Balaban J connectivity index is 0.00000420. The summed E-state index contributed by atoms with van der Waals surface area (Å²) in [6.45, 7) is 3.06. The molecule has 0 aliphatic heterocycles. The van der Waals surface area contributed by atoms with Crippen molar-refractivity contribution in [2.75, 3.05) is 10.6 Å². The van der Waals surface area contributed by atoms with E-state index in [2.05, 4.69) is 32.8 Å². The molecular formula is C19H22Cl2N6O3. The van der Waals surface area contributed by atoms with Gasteiger partial charge in [-0.15, -0.1) is 24.8 Å². The van der Waals surface area contributed by atoms with Gasteiger partial charge in [0.05, 0.1) is 5.69 Å². The fourth-order valence-electron chi connectivity index (χ4n) is 2.17. The molecule has 0 fully saturated rings. The lowest BCUT2D eigenvalue weighted by Crippen LogP contribution is -2.39. The third kappa shape index (κ3) is 8.79. The van der Waals surface area contributed by atoms with Crippen molar-refractivity contribution < 1.29 is 14.4 Å². The zero-order valence-corrected chi connectivity index (χ0v) is 17.9. The van der Waals surface area contributed by atoms with Gasteiger partial charge in [0.15, 0.2) is 5.82 Å². The normalized spacial score (nSPS) is 8.90. The average molecular weight is 453 g/mol. The van der Waals surface area contributed by atoms with E-state index < -0.39 is 6.03 Å². The molecule has 1 aromatic heterocycles. The first kappa shape index (κ1) is 26.7. The lowest BCUT2D eigenvalue weighted by atomic mass is 10.1. The van der Waals surface area contributed by atoms with Gasteiger partial charge in [-0.25, -0.2) is 15.6 Å². The van der Waals surface area contributed by atoms with Crippen molar-refractivity contribution in [1.29, 1.82) is 0 Å². The van der Waals surface area contributed by atoms with Crippen molar-refractivity contribution in [3.8, 4) is 11.8 Å². The summed E-state index contributed by atoms with van der Waals surface area (Å²) in [6, 6.07) is 8.48. The number of hydrogen-bond acceptors (Lipinski definition) is 5. The second-order valence-corrected chi connectivity index (χ2v) is 5.76. The maximum Gasteiger partial charge on any atom is 0.329 e. The Morgan fingerprint density at radius 1 is 0.967 bits per heavy atom. The van der Waals surface area contributed by atoms with Gasteiger partial charge < -0.3 is 16.0 Å². The van der Waals surface area contributed by atoms with Crippen LogP contribution in [-0.2, 0) is 16.1 Å². The van der Waals surface area contributed by atoms with Crippen LogP contribution in [-0.4, -0.2) is 22.8 Å². The Labute approximate surface area is 186 Å². The zero-order chi connectivity index (χ0) is 20.5. The van der Waals surface area contributed by atoms with Gasteiger partial charge >= 0.3 is 6.03 Å². The van der Waals surface area contributed by atoms with Gasteiger partial charge in [-0.3, -0.25) is 15.0 Å². The summed E-state index contributed by atoms with van der Waals surface area (Å²) in [5.74, 6) is 10.6. The number of carbonyl (C=O) groups excluding carboxylic acids is 3. The van der Waals surface area contributed by atoms with Gasteiger partial charge in [-0.2, -0.15) is 0 Å². The van der Waals surface area contributed by atoms with E-state index >= 15 is 0 Å². The first-order valence-electron chi connectivity index (χ1n) is 8.28. The standard InChI is InChI=1S/C19H20N6O3.2ClH/c1-12(26)23-17-9-16(11-21-18(17)24-13(2)27)8-5-14-3-6-15(7-4-14)10-22-19(28)25-20;;/h3-4,6-7,9,11H,10,20H2,1-2H3,(H,23,26)(H,21,24,27)(H2,22,25,28);2*1H. The van der Waals surface area contributed by atoms with E-state index in [4.69, 9.17) is 5.84 Å². The van der Waals surface area contributed by atoms with Crippen LogP contribution in [0.2, 0.25) is 0 Å². The van der Waals surface area contributed by atoms with Crippen LogP contribution in [0.25, 0.3) is 0 Å². The fraction of sp³-hybridized carbons (Fsp3) is 0.158. The average Bonchev–Trinajstić information content (AvgIpc) is 2.66. The van der Waals surface area contributed by atoms with Crippen molar-refractivity contribution in [1.82, 2.24) is 15.7 Å². The number of rotatable bonds is 4. The third-order valence-corrected chi connectivity index (χ3v) is 3.38. The Bertz CT molecular complexity index is 955. The number of amides is 4. The van der Waals surface area contributed by atoms with Crippen LogP contribution in [0.4, 0.5) is 16.3 Å². The van der Waals surface area contributed by atoms with Crippen molar-refractivity contribution >= 4 is 54.2 Å². The Morgan fingerprint density at radius 2 is 1.57 bits per heavy atom. The SMILES string of the molecule is CC(=O)Nc1cc(C#Cc2ccc(CNC(=O)NN)cc2)cnc1NC(C)=O.Cl.Cl. The first-order chi connectivity index (χ1) is 13.4. The van der Waals surface area contributed by atoms with Gasteiger partial charge in [0.2, 0.25) is 11.8 Å². The molecule has 0 atom stereocenters. The van der Waals surface area contributed by atoms with Crippen LogP contribution < -0.4 is 27.2 Å². The second kappa shape index (κ2) is 13.0. The highest BCUT2D eigenvalue weighted by Gasteiger charge is 2.08. The van der Waals surface area contributed by atoms with Crippen molar-refractivity contribution in [2.24, 2.45) is 5.84 Å². The summed E-state index contributed by atoms with van der Waals surface area (Å²) in [5, 5.41) is 7.76. The van der Waals surface area contributed by atoms with Crippen LogP contribution in [0.5, 0.6) is 0 Å². The number of hydrazine groups is 1. The minimum Gasteiger partial charge on any atom is -0.333 e. The summed E-state index contributed by atoms with van der Waals surface area (Å²) in [4.78, 5) is 37.8. The molecule has 2 aromatic rings. The van der Waals surface area contributed by atoms with Crippen molar-refractivity contribution in [3.63, 3.8) is 0 Å². The topological polar surface area (TPSA) is 138 Å². The lowest BCUT2D eigenvalue weighted by Gasteiger charge is -2.09. The molecule has 2 rings (SSSR count). The fourth-order valence-corrected chi connectivity index (χ4v) is 2.17. The number of nitrogens with one attached hydrogen (secondary N) is 4. The predicted octanol–water partition coefficient (Wildman–Crippen LogP) is 1.91. The lowest BCUT2D eigenvalue weighted by molar-refractivity contribution is -0.115. The molecule has 6 N–H and O–H groups in total. The van der Waals surface area contributed by atoms with E-state index in [9.17, 15) is 14.4 Å². The monoisotopic (exact) mass is 452 g/mol. The predicted molar refractivity (Wildman–Crippen MR) is 119 cm³/mol. The van der Waals surface area contributed by atoms with Gasteiger partial charge in [0.25, 0.3) is 0 Å². The molecular weight excluding hydrogens is 431 g/mol. The molecule has 11 heteroatoms. The van der Waals surface area contributed by atoms with Crippen LogP contribution >= 0.6 is 24.8 Å². The van der Waals surface area contributed by atoms with Crippen LogP contribution in [0, 0.1) is 11.8 Å². The minimum atomic E-state index is -0.464. The highest BCUT2D eigenvalue weighted by molar-refractivity contribution is 5.97. The Kier molecular flexibility index (Phi) is 11.6. The maximum atomic E-state index is 11.4. The third-order valence-electron chi connectivity index (χ3n) is 3.38. The minimum absolute atomic E-state index is 0. The molecule has 0 spiro atoms. The summed E-state index contributed by atoms with van der Waals surface area (Å²) in [6.07, 6.45) is 1.51. The number of nitrogens with two attached hydrogens (primary N) is 1. The number of halogens is 2. The molecule has 0 saturated carbocycles. The Hall–Kier alpha value is -3.32. The van der Waals surface area contributed by atoms with Crippen LogP contribution in [0.15, 0.2) is 36.5 Å². The van der Waals surface area contributed by atoms with Gasteiger partial charge in [0.1, 0.15) is 0 Å². The van der Waals surface area contributed by atoms with E-state index in [0.29, 0.717) is 17.8 Å². The van der Waals surface area contributed by atoms with E-state index in [0.717, 1.165) is 11.1 Å². The summed E-state index contributed by atoms with van der Waals surface area (Å²) >= 11 is 0. The number of hydrogen-bond donors (Lipinski definition) is 5. The highest BCUT2D eigenvalue weighted by atomic mass is 35.5. The molecule has 0 bridgehead atoms. The molecule has 0 radical (unpaired) electrons. The molecule has 9 nitrogen and oxygen atoms in total. The number of nitrogens with zero attached hydrogens (tertiary/aromatic N) is 1. The number of pyridine rings is 1. The van der Waals surface area contributed by atoms with Crippen molar-refractivity contribution in [2.45, 2.75) is 20.4 Å². The summed E-state index contributed by atoms with van der Waals surface area (Å²) in [7, 11) is 0. The van der Waals surface area contributed by atoms with Crippen molar-refractivity contribution in [3.05, 3.63) is 53.2 Å². The summed E-state index contributed by atoms with van der Waals surface area (Å²) in [5.41, 5.74) is 4.58. The maximum absolute atomic E-state index is 11.4. The van der Waals surface area contributed by atoms with Gasteiger partial charge in [-0.1, -0.05) is 24.0 Å². The van der Waals surface area contributed by atoms with Crippen LogP contribution in [0.3, 0.4) is 0 Å². The second-order valence-electron chi connectivity index (χ2n) is 5.76. The van der Waals surface area contributed by atoms with Gasteiger partial charge in [0, 0.05) is 37.7 Å². The Morgan fingerprint density at radius 3 is 2.13 bits per heavy atom. The number of carbonyl (C=O) groups is 3. The molecule has 0 aliphatic rings. The molecule has 0 aliphatic carbocycles. The first-order valence-corrected chi connectivity index (χ1v) is 8.28. The highest BCUT2D eigenvalue weighted by Crippen LogP contribution is 2.20. The van der Waals surface area contributed by atoms with Crippen LogP contribution in [0.1, 0.15) is 30.5 Å². The molecule has 0 unspecified atom stereocenters. The molecule has 1 aromatic carbocycles. The molecule has 1 heterocycles. The van der Waals surface area contributed by atoms with E-state index in [-0.39, 0.29) is 42.4 Å². The van der Waals surface area contributed by atoms with E-state index in [1.807, 2.05) is 29.7 Å².